The smallest absolute Gasteiger partial charge is 0.219 e. The monoisotopic (exact) mass is 320 g/mol. The molecule has 0 saturated carbocycles. The second-order valence-corrected chi connectivity index (χ2v) is 6.47. The Morgan fingerprint density at radius 1 is 1.17 bits per heavy atom. The molecule has 2 aliphatic rings. The van der Waals surface area contributed by atoms with Gasteiger partial charge in [-0.2, -0.15) is 0 Å². The number of nitrogens with zero attached hydrogens (tertiary/aromatic N) is 2. The van der Waals surface area contributed by atoms with Crippen molar-refractivity contribution in [3.05, 3.63) is 30.1 Å². The molecule has 2 fully saturated rings. The van der Waals surface area contributed by atoms with Gasteiger partial charge in [0.05, 0.1) is 0 Å². The van der Waals surface area contributed by atoms with Gasteiger partial charge in [0.1, 0.15) is 18.2 Å². The molecule has 0 bridgehead atoms. The molecule has 2 saturated heterocycles. The molecule has 0 spiro atoms. The summed E-state index contributed by atoms with van der Waals surface area (Å²) in [6.07, 6.45) is 4.56. The van der Waals surface area contributed by atoms with Crippen LogP contribution in [-0.2, 0) is 4.79 Å². The first-order valence-corrected chi connectivity index (χ1v) is 8.55. The van der Waals surface area contributed by atoms with E-state index in [9.17, 15) is 9.18 Å². The second-order valence-electron chi connectivity index (χ2n) is 6.47. The zero-order valence-corrected chi connectivity index (χ0v) is 13.7. The second kappa shape index (κ2) is 7.30. The Labute approximate surface area is 137 Å². The molecule has 0 aromatic heterocycles. The number of benzene rings is 1. The van der Waals surface area contributed by atoms with Gasteiger partial charge >= 0.3 is 0 Å². The van der Waals surface area contributed by atoms with Gasteiger partial charge in [-0.15, -0.1) is 0 Å². The quantitative estimate of drug-likeness (QED) is 0.836. The SMILES string of the molecule is CC(=O)N1CCC[C@@H]1[C@@H]1CCCN1CCOc1ccc(F)cc1. The van der Waals surface area contributed by atoms with E-state index in [2.05, 4.69) is 4.90 Å². The van der Waals surface area contributed by atoms with Crippen molar-refractivity contribution in [2.24, 2.45) is 0 Å². The first-order chi connectivity index (χ1) is 11.1. The molecule has 1 aromatic rings. The standard InChI is InChI=1S/C18H25FN2O2/c1-14(22)21-11-3-5-18(21)17-4-2-10-20(17)12-13-23-16-8-6-15(19)7-9-16/h6-9,17-18H,2-5,10-13H2,1H3/t17-,18+/m0/s1. The van der Waals surface area contributed by atoms with E-state index < -0.39 is 0 Å². The molecule has 4 nitrogen and oxygen atoms in total. The lowest BCUT2D eigenvalue weighted by Crippen LogP contribution is -2.48. The summed E-state index contributed by atoms with van der Waals surface area (Å²) in [6, 6.07) is 6.96. The van der Waals surface area contributed by atoms with Gasteiger partial charge in [0.25, 0.3) is 0 Å². The number of hydrogen-bond acceptors (Lipinski definition) is 3. The number of carbonyl (C=O) groups is 1. The van der Waals surface area contributed by atoms with Crippen LogP contribution in [0.15, 0.2) is 24.3 Å². The van der Waals surface area contributed by atoms with Crippen LogP contribution in [0.2, 0.25) is 0 Å². The van der Waals surface area contributed by atoms with E-state index in [1.165, 1.54) is 18.6 Å². The Bertz CT molecular complexity index is 534. The topological polar surface area (TPSA) is 32.8 Å². The van der Waals surface area contributed by atoms with Crippen molar-refractivity contribution in [2.45, 2.75) is 44.7 Å². The highest BCUT2D eigenvalue weighted by Crippen LogP contribution is 2.29. The number of ether oxygens (including phenoxy) is 1. The van der Waals surface area contributed by atoms with Gasteiger partial charge < -0.3 is 9.64 Å². The third kappa shape index (κ3) is 3.83. The summed E-state index contributed by atoms with van der Waals surface area (Å²) in [5.74, 6) is 0.651. The summed E-state index contributed by atoms with van der Waals surface area (Å²) in [5.41, 5.74) is 0. The van der Waals surface area contributed by atoms with Crippen LogP contribution in [0.3, 0.4) is 0 Å². The number of likely N-dealkylation sites (tertiary alicyclic amines) is 2. The minimum absolute atomic E-state index is 0.196. The summed E-state index contributed by atoms with van der Waals surface area (Å²) in [6.45, 7) is 5.09. The largest absolute Gasteiger partial charge is 0.492 e. The average molecular weight is 320 g/mol. The Morgan fingerprint density at radius 2 is 1.87 bits per heavy atom. The fourth-order valence-electron chi connectivity index (χ4n) is 3.96. The van der Waals surface area contributed by atoms with Crippen LogP contribution < -0.4 is 4.74 Å². The molecule has 0 aliphatic carbocycles. The number of amides is 1. The van der Waals surface area contributed by atoms with E-state index in [4.69, 9.17) is 4.74 Å². The number of rotatable bonds is 5. The molecule has 3 rings (SSSR count). The van der Waals surface area contributed by atoms with Crippen LogP contribution in [-0.4, -0.2) is 54.0 Å². The van der Waals surface area contributed by atoms with Crippen LogP contribution in [0, 0.1) is 5.82 Å². The number of carbonyl (C=O) groups excluding carboxylic acids is 1. The lowest BCUT2D eigenvalue weighted by atomic mass is 10.0. The van der Waals surface area contributed by atoms with Gasteiger partial charge in [0, 0.05) is 32.1 Å². The lowest BCUT2D eigenvalue weighted by Gasteiger charge is -2.34. The molecular weight excluding hydrogens is 295 g/mol. The number of hydrogen-bond donors (Lipinski definition) is 0. The zero-order valence-electron chi connectivity index (χ0n) is 13.7. The summed E-state index contributed by atoms with van der Waals surface area (Å²) >= 11 is 0. The maximum Gasteiger partial charge on any atom is 0.219 e. The highest BCUT2D eigenvalue weighted by molar-refractivity contribution is 5.74. The third-order valence-corrected chi connectivity index (χ3v) is 5.02. The molecule has 1 amide bonds. The first-order valence-electron chi connectivity index (χ1n) is 8.55. The van der Waals surface area contributed by atoms with Crippen LogP contribution in [0.5, 0.6) is 5.75 Å². The molecule has 0 unspecified atom stereocenters. The van der Waals surface area contributed by atoms with Crippen LogP contribution >= 0.6 is 0 Å². The van der Waals surface area contributed by atoms with Gasteiger partial charge in [-0.3, -0.25) is 9.69 Å². The summed E-state index contributed by atoms with van der Waals surface area (Å²) in [5, 5.41) is 0. The van der Waals surface area contributed by atoms with Crippen molar-refractivity contribution in [1.29, 1.82) is 0 Å². The third-order valence-electron chi connectivity index (χ3n) is 5.02. The van der Waals surface area contributed by atoms with Gasteiger partial charge in [-0.1, -0.05) is 0 Å². The Morgan fingerprint density at radius 3 is 2.61 bits per heavy atom. The Balaban J connectivity index is 1.53. The van der Waals surface area contributed by atoms with Crippen molar-refractivity contribution in [2.75, 3.05) is 26.2 Å². The normalized spacial score (nSPS) is 25.0. The van der Waals surface area contributed by atoms with E-state index in [-0.39, 0.29) is 11.7 Å². The summed E-state index contributed by atoms with van der Waals surface area (Å²) in [7, 11) is 0. The minimum atomic E-state index is -0.248. The van der Waals surface area contributed by atoms with E-state index in [1.54, 1.807) is 19.1 Å². The fourth-order valence-corrected chi connectivity index (χ4v) is 3.96. The van der Waals surface area contributed by atoms with Crippen LogP contribution in [0.1, 0.15) is 32.6 Å². The van der Waals surface area contributed by atoms with Crippen LogP contribution in [0.25, 0.3) is 0 Å². The van der Waals surface area contributed by atoms with Gasteiger partial charge in [0.2, 0.25) is 5.91 Å². The molecule has 5 heteroatoms. The number of halogens is 1. The maximum atomic E-state index is 12.9. The molecule has 2 heterocycles. The van der Waals surface area contributed by atoms with Gasteiger partial charge in [-0.05, 0) is 56.5 Å². The molecular formula is C18H25FN2O2. The molecule has 2 aliphatic heterocycles. The van der Waals surface area contributed by atoms with Gasteiger partial charge in [-0.25, -0.2) is 4.39 Å². The summed E-state index contributed by atoms with van der Waals surface area (Å²) in [4.78, 5) is 16.3. The van der Waals surface area contributed by atoms with E-state index in [0.29, 0.717) is 24.4 Å². The Kier molecular flexibility index (Phi) is 5.16. The van der Waals surface area contributed by atoms with E-state index in [0.717, 1.165) is 38.9 Å². The highest BCUT2D eigenvalue weighted by Gasteiger charge is 2.38. The van der Waals surface area contributed by atoms with Crippen LogP contribution in [0.4, 0.5) is 4.39 Å². The van der Waals surface area contributed by atoms with Crippen molar-refractivity contribution < 1.29 is 13.9 Å². The molecule has 126 valence electrons. The van der Waals surface area contributed by atoms with Crippen molar-refractivity contribution in [3.8, 4) is 5.75 Å². The van der Waals surface area contributed by atoms with Crippen molar-refractivity contribution >= 4 is 5.91 Å². The van der Waals surface area contributed by atoms with E-state index >= 15 is 0 Å². The molecule has 2 atom stereocenters. The molecule has 1 aromatic carbocycles. The van der Waals surface area contributed by atoms with Crippen molar-refractivity contribution in [3.63, 3.8) is 0 Å². The molecule has 0 N–H and O–H groups in total. The predicted molar refractivity (Wildman–Crippen MR) is 86.9 cm³/mol. The molecule has 0 radical (unpaired) electrons. The van der Waals surface area contributed by atoms with Crippen molar-refractivity contribution in [1.82, 2.24) is 9.80 Å². The minimum Gasteiger partial charge on any atom is -0.492 e. The maximum absolute atomic E-state index is 12.9. The lowest BCUT2D eigenvalue weighted by molar-refractivity contribution is -0.130. The predicted octanol–water partition coefficient (Wildman–Crippen LogP) is 2.68. The van der Waals surface area contributed by atoms with Gasteiger partial charge in [0.15, 0.2) is 0 Å². The Hall–Kier alpha value is -1.62. The average Bonchev–Trinajstić information content (AvgIpc) is 3.17. The summed E-state index contributed by atoms with van der Waals surface area (Å²) < 4.78 is 18.6. The highest BCUT2D eigenvalue weighted by atomic mass is 19.1. The first kappa shape index (κ1) is 16.2. The fraction of sp³-hybridized carbons (Fsp3) is 0.611. The zero-order chi connectivity index (χ0) is 16.2. The molecule has 23 heavy (non-hydrogen) atoms. The van der Waals surface area contributed by atoms with E-state index in [1.807, 2.05) is 4.90 Å².